The van der Waals surface area contributed by atoms with E-state index in [1.54, 1.807) is 12.4 Å². The summed E-state index contributed by atoms with van der Waals surface area (Å²) in [6.07, 6.45) is 6.94. The second kappa shape index (κ2) is 7.10. The number of anilines is 2. The van der Waals surface area contributed by atoms with E-state index in [2.05, 4.69) is 21.5 Å². The van der Waals surface area contributed by atoms with Crippen LogP contribution in [0.4, 0.5) is 11.5 Å². The van der Waals surface area contributed by atoms with Crippen LogP contribution in [-0.4, -0.2) is 19.5 Å². The highest BCUT2D eigenvalue weighted by Gasteiger charge is 2.23. The van der Waals surface area contributed by atoms with E-state index < -0.39 is 0 Å². The lowest BCUT2D eigenvalue weighted by atomic mass is 10.1. The number of aromatic nitrogens is 3. The highest BCUT2D eigenvalue weighted by Crippen LogP contribution is 2.37. The van der Waals surface area contributed by atoms with Crippen LogP contribution in [0.1, 0.15) is 29.2 Å². The van der Waals surface area contributed by atoms with E-state index >= 15 is 0 Å². The smallest absolute Gasteiger partial charge is 0.157 e. The number of aliphatic hydroxyl groups excluding tert-OH is 1. The van der Waals surface area contributed by atoms with Crippen molar-refractivity contribution in [2.45, 2.75) is 25.5 Å². The fourth-order valence-electron chi connectivity index (χ4n) is 3.91. The lowest BCUT2D eigenvalue weighted by molar-refractivity contribution is 0.282. The summed E-state index contributed by atoms with van der Waals surface area (Å²) in [6, 6.07) is 13.5. The van der Waals surface area contributed by atoms with Crippen LogP contribution in [0.5, 0.6) is 0 Å². The van der Waals surface area contributed by atoms with Gasteiger partial charge in [-0.25, -0.2) is 4.98 Å². The number of fused-ring (bicyclic) bond motifs is 2. The molecule has 7 nitrogen and oxygen atoms in total. The average molecular weight is 385 g/mol. The molecule has 0 spiro atoms. The van der Waals surface area contributed by atoms with Crippen LogP contribution in [0.3, 0.4) is 0 Å². The number of nitrogens with one attached hydrogen (secondary N) is 1. The Labute approximate surface area is 167 Å². The zero-order valence-corrected chi connectivity index (χ0v) is 15.6. The molecule has 2 aromatic carbocycles. The summed E-state index contributed by atoms with van der Waals surface area (Å²) in [5, 5.41) is 16.0. The molecule has 2 aromatic heterocycles. The highest BCUT2D eigenvalue weighted by atomic mass is 16.3. The monoisotopic (exact) mass is 385 g/mol. The van der Waals surface area contributed by atoms with Gasteiger partial charge in [-0.3, -0.25) is 9.38 Å². The first-order valence-electron chi connectivity index (χ1n) is 9.51. The number of hydrogen-bond acceptors (Lipinski definition) is 6. The minimum absolute atomic E-state index is 0.00619. The Morgan fingerprint density at radius 3 is 2.86 bits per heavy atom. The van der Waals surface area contributed by atoms with Crippen molar-refractivity contribution in [2.24, 2.45) is 5.18 Å². The predicted octanol–water partition coefficient (Wildman–Crippen LogP) is 4.39. The first-order chi connectivity index (χ1) is 14.3. The van der Waals surface area contributed by atoms with Crippen LogP contribution in [-0.2, 0) is 13.0 Å². The van der Waals surface area contributed by atoms with Gasteiger partial charge < -0.3 is 10.4 Å². The maximum Gasteiger partial charge on any atom is 0.157 e. The van der Waals surface area contributed by atoms with Crippen molar-refractivity contribution in [2.75, 3.05) is 5.32 Å². The van der Waals surface area contributed by atoms with Crippen molar-refractivity contribution in [3.8, 4) is 11.3 Å². The topological polar surface area (TPSA) is 91.9 Å². The fraction of sp³-hybridized carbons (Fsp3) is 0.182. The normalized spacial score (nSPS) is 15.4. The molecule has 0 fully saturated rings. The lowest BCUT2D eigenvalue weighted by Crippen LogP contribution is -1.98. The predicted molar refractivity (Wildman–Crippen MR) is 111 cm³/mol. The summed E-state index contributed by atoms with van der Waals surface area (Å²) in [5.41, 5.74) is 6.45. The molecule has 0 bridgehead atoms. The number of nitrogens with zero attached hydrogens (tertiary/aromatic N) is 4. The van der Waals surface area contributed by atoms with Crippen molar-refractivity contribution < 1.29 is 5.11 Å². The number of aliphatic hydroxyl groups is 1. The minimum atomic E-state index is -0.235. The van der Waals surface area contributed by atoms with Gasteiger partial charge in [-0.1, -0.05) is 35.5 Å². The molecule has 0 saturated carbocycles. The van der Waals surface area contributed by atoms with E-state index in [-0.39, 0.29) is 12.6 Å². The zero-order valence-electron chi connectivity index (χ0n) is 15.6. The summed E-state index contributed by atoms with van der Waals surface area (Å²) in [5.74, 6) is 0.835. The third-order valence-corrected chi connectivity index (χ3v) is 5.42. The number of rotatable bonds is 5. The van der Waals surface area contributed by atoms with Crippen molar-refractivity contribution in [1.29, 1.82) is 0 Å². The Kier molecular flexibility index (Phi) is 4.29. The fourth-order valence-corrected chi connectivity index (χ4v) is 3.91. The van der Waals surface area contributed by atoms with Gasteiger partial charge in [0.25, 0.3) is 0 Å². The van der Waals surface area contributed by atoms with E-state index in [4.69, 9.17) is 4.98 Å². The standard InChI is InChI=1S/C22H19N5O2/c28-13-14-1-3-15(4-2-14)21-22(27-10-9-23-12-20(27)25-21)24-17-6-7-18-16(11-17)5-8-19(18)26-29/h1-4,6-7,9-12,19,24,28H,5,8,13H2. The Morgan fingerprint density at radius 1 is 1.21 bits per heavy atom. The molecular formula is C22H19N5O2. The second-order valence-corrected chi connectivity index (χ2v) is 7.17. The van der Waals surface area contributed by atoms with Gasteiger partial charge >= 0.3 is 0 Å². The van der Waals surface area contributed by atoms with Gasteiger partial charge in [0.15, 0.2) is 5.65 Å². The SMILES string of the molecule is O=NC1CCc2cc(Nc3c(-c4ccc(CO)cc4)nc4cnccn34)ccc21. The molecule has 1 aliphatic rings. The van der Waals surface area contributed by atoms with Crippen LogP contribution < -0.4 is 5.32 Å². The van der Waals surface area contributed by atoms with Crippen LogP contribution in [0.15, 0.2) is 66.2 Å². The van der Waals surface area contributed by atoms with E-state index in [1.165, 1.54) is 0 Å². The molecule has 2 N–H and O–H groups in total. The van der Waals surface area contributed by atoms with Gasteiger partial charge in [-0.2, -0.15) is 4.91 Å². The van der Waals surface area contributed by atoms with E-state index in [0.717, 1.165) is 57.9 Å². The molecule has 0 aliphatic heterocycles. The lowest BCUT2D eigenvalue weighted by Gasteiger charge is -2.11. The van der Waals surface area contributed by atoms with Gasteiger partial charge in [-0.15, -0.1) is 0 Å². The zero-order chi connectivity index (χ0) is 19.8. The maximum absolute atomic E-state index is 11.0. The highest BCUT2D eigenvalue weighted by molar-refractivity contribution is 5.79. The minimum Gasteiger partial charge on any atom is -0.392 e. The third-order valence-electron chi connectivity index (χ3n) is 5.42. The molecule has 1 aliphatic carbocycles. The summed E-state index contributed by atoms with van der Waals surface area (Å²) in [4.78, 5) is 19.9. The van der Waals surface area contributed by atoms with Crippen LogP contribution >= 0.6 is 0 Å². The first-order valence-corrected chi connectivity index (χ1v) is 9.51. The van der Waals surface area contributed by atoms with E-state index in [1.807, 2.05) is 47.0 Å². The molecule has 5 rings (SSSR count). The molecule has 29 heavy (non-hydrogen) atoms. The Hall–Kier alpha value is -3.58. The second-order valence-electron chi connectivity index (χ2n) is 7.17. The van der Waals surface area contributed by atoms with Crippen LogP contribution in [0.2, 0.25) is 0 Å². The summed E-state index contributed by atoms with van der Waals surface area (Å²) in [6.45, 7) is 0.00619. The number of aryl methyl sites for hydroxylation is 1. The molecular weight excluding hydrogens is 366 g/mol. The van der Waals surface area contributed by atoms with Crippen molar-refractivity contribution in [1.82, 2.24) is 14.4 Å². The Bertz CT molecular complexity index is 1200. The molecule has 0 amide bonds. The van der Waals surface area contributed by atoms with Gasteiger partial charge in [0.2, 0.25) is 0 Å². The third kappa shape index (κ3) is 3.05. The van der Waals surface area contributed by atoms with Crippen molar-refractivity contribution >= 4 is 17.2 Å². The quantitative estimate of drug-likeness (QED) is 0.497. The molecule has 4 aromatic rings. The van der Waals surface area contributed by atoms with E-state index in [0.29, 0.717) is 0 Å². The van der Waals surface area contributed by atoms with Gasteiger partial charge in [0.05, 0.1) is 12.8 Å². The molecule has 0 radical (unpaired) electrons. The molecule has 144 valence electrons. The number of nitroso groups, excluding NO2 is 1. The number of hydrogen-bond donors (Lipinski definition) is 2. The van der Waals surface area contributed by atoms with Crippen LogP contribution in [0, 0.1) is 4.91 Å². The number of benzene rings is 2. The molecule has 1 unspecified atom stereocenters. The molecule has 1 atom stereocenters. The summed E-state index contributed by atoms with van der Waals surface area (Å²) >= 11 is 0. The van der Waals surface area contributed by atoms with E-state index in [9.17, 15) is 10.0 Å². The van der Waals surface area contributed by atoms with Crippen molar-refractivity contribution in [3.05, 3.63) is 82.7 Å². The first kappa shape index (κ1) is 17.5. The summed E-state index contributed by atoms with van der Waals surface area (Å²) in [7, 11) is 0. The number of imidazole rings is 1. The van der Waals surface area contributed by atoms with Crippen molar-refractivity contribution in [3.63, 3.8) is 0 Å². The Morgan fingerprint density at radius 2 is 2.07 bits per heavy atom. The van der Waals surface area contributed by atoms with Gasteiger partial charge in [-0.05, 0) is 41.7 Å². The Balaban J connectivity index is 1.58. The van der Waals surface area contributed by atoms with Gasteiger partial charge in [0, 0.05) is 23.6 Å². The maximum atomic E-state index is 11.0. The van der Waals surface area contributed by atoms with Crippen LogP contribution in [0.25, 0.3) is 16.9 Å². The summed E-state index contributed by atoms with van der Waals surface area (Å²) < 4.78 is 1.96. The average Bonchev–Trinajstić information content (AvgIpc) is 3.35. The largest absolute Gasteiger partial charge is 0.392 e. The molecule has 0 saturated heterocycles. The molecule has 7 heteroatoms. The van der Waals surface area contributed by atoms with Gasteiger partial charge in [0.1, 0.15) is 17.6 Å². The molecule has 2 heterocycles.